The Bertz CT molecular complexity index is 3100. The summed E-state index contributed by atoms with van der Waals surface area (Å²) in [5, 5.41) is 37.1. The van der Waals surface area contributed by atoms with Crippen molar-refractivity contribution in [3.8, 4) is 39.2 Å². The average Bonchev–Trinajstić information content (AvgIpc) is 4.41. The number of thiazole rings is 1. The van der Waals surface area contributed by atoms with Crippen molar-refractivity contribution >= 4 is 40.3 Å². The summed E-state index contributed by atoms with van der Waals surface area (Å²) in [4.78, 5) is 47.1. The number of nitrogens with two attached hydrogens (primary N) is 1. The van der Waals surface area contributed by atoms with Gasteiger partial charge < -0.3 is 54.7 Å². The van der Waals surface area contributed by atoms with Gasteiger partial charge in [0.2, 0.25) is 17.7 Å². The molecule has 6 aliphatic rings. The van der Waals surface area contributed by atoms with Crippen LogP contribution in [0.2, 0.25) is 0 Å². The number of nitrogen functional groups attached to an aromatic ring is 1. The van der Waals surface area contributed by atoms with Gasteiger partial charge in [-0.3, -0.25) is 14.5 Å². The first-order valence-corrected chi connectivity index (χ1v) is 29.1. The quantitative estimate of drug-likeness (QED) is 0.0686. The SMILES string of the molecule is Cc1ncsc1-c1ccc([C@H](C)NC(=O)[C@@H]2C[C@@H](O)CN2C(=O)[C@@H](c2cc(OC3CC(N4CCC(OC5CC(Oc6cc(N7C8CCC7CN(c7cc(-c9ccccc9O)nnc7N)C8)ccn6)C5)CC4)C3)no2)C(C)C)cc1. The van der Waals surface area contributed by atoms with Gasteiger partial charge in [-0.15, -0.1) is 21.5 Å². The predicted octanol–water partition coefficient (Wildman–Crippen LogP) is 7.68. The number of piperidine rings is 1. The van der Waals surface area contributed by atoms with E-state index in [1.165, 1.54) is 4.90 Å². The number of carbonyl (C=O) groups is 2. The lowest BCUT2D eigenvalue weighted by atomic mass is 9.86. The van der Waals surface area contributed by atoms with Gasteiger partial charge in [-0.25, -0.2) is 9.97 Å². The molecule has 6 fully saturated rings. The second kappa shape index (κ2) is 22.3. The van der Waals surface area contributed by atoms with Gasteiger partial charge >= 0.3 is 0 Å². The lowest BCUT2D eigenvalue weighted by Gasteiger charge is -2.46. The van der Waals surface area contributed by atoms with Crippen LogP contribution in [0.15, 0.2) is 89.0 Å². The van der Waals surface area contributed by atoms with Gasteiger partial charge in [0.05, 0.1) is 51.8 Å². The van der Waals surface area contributed by atoms with Crippen LogP contribution >= 0.6 is 11.3 Å². The number of hydrogen-bond donors (Lipinski definition) is 4. The number of ether oxygens (including phenoxy) is 3. The summed E-state index contributed by atoms with van der Waals surface area (Å²) in [6.45, 7) is 11.4. The topological polar surface area (TPSA) is 231 Å². The molecule has 0 radical (unpaired) electrons. The zero-order valence-corrected chi connectivity index (χ0v) is 46.1. The Balaban J connectivity index is 0.567. The third kappa shape index (κ3) is 11.1. The number of likely N-dealkylation sites (tertiary alicyclic amines) is 2. The molecule has 2 aromatic carbocycles. The number of carbonyl (C=O) groups excluding carboxylic acids is 2. The van der Waals surface area contributed by atoms with Gasteiger partial charge in [-0.2, -0.15) is 0 Å². The number of fused-ring (bicyclic) bond motifs is 2. The Morgan fingerprint density at radius 1 is 0.810 bits per heavy atom. The molecule has 416 valence electrons. The fourth-order valence-electron chi connectivity index (χ4n) is 12.8. The smallest absolute Gasteiger partial charge is 0.254 e. The first kappa shape index (κ1) is 52.8. The standard InChI is InChI=1S/C59H71N11O8S/c1-33(2)55(59(74)69-31-42(71)24-50(69)58(73)63-34(3)36-9-11-37(12-10-36)56-35(4)62-32-79-56)52-28-54(66-78-52)77-44-21-41(22-44)67-19-16-43(17-20-67)75-45-25-46(26-45)76-53-23-38(15-18-61-53)70-39-13-14-40(70)30-68(29-39)49-27-48(64-65-57(49)60)47-7-5-6-8-51(47)72/h5-12,15,18,23,27-28,32-34,39-46,50,55,71-72H,13-14,16-17,19-22,24-26,29-31H2,1-4H3,(H2,60,65)(H,63,73)/t34-,39?,40?,41?,42+,44?,45?,46?,50-,55+/m0/s1. The number of nitrogens with one attached hydrogen (secondary N) is 1. The third-order valence-electron chi connectivity index (χ3n) is 17.3. The number of aliphatic hydroxyl groups is 1. The molecule has 19 nitrogen and oxygen atoms in total. The molecule has 0 spiro atoms. The van der Waals surface area contributed by atoms with Crippen LogP contribution in [-0.2, 0) is 14.3 Å². The summed E-state index contributed by atoms with van der Waals surface area (Å²) in [5.74, 6) is 0.466. The number of benzene rings is 2. The minimum atomic E-state index is -0.824. The second-order valence-electron chi connectivity index (χ2n) is 22.9. The number of aryl methyl sites for hydroxylation is 1. The van der Waals surface area contributed by atoms with E-state index in [2.05, 4.69) is 57.5 Å². The number of pyridine rings is 1. The number of phenolic OH excluding ortho intramolecular Hbond substituents is 1. The number of para-hydroxylation sites is 1. The molecule has 2 amide bonds. The highest BCUT2D eigenvalue weighted by Crippen LogP contribution is 2.42. The molecule has 4 aromatic heterocycles. The van der Waals surface area contributed by atoms with E-state index in [-0.39, 0.29) is 66.9 Å². The summed E-state index contributed by atoms with van der Waals surface area (Å²) in [6, 6.07) is 22.9. The number of aliphatic hydroxyl groups excluding tert-OH is 1. The first-order chi connectivity index (χ1) is 38.3. The molecule has 12 rings (SSSR count). The Morgan fingerprint density at radius 2 is 1.54 bits per heavy atom. The maximum absolute atomic E-state index is 14.3. The summed E-state index contributed by atoms with van der Waals surface area (Å²) < 4.78 is 25.1. The fraction of sp³-hybridized carbons (Fsp3) is 0.508. The molecule has 2 unspecified atom stereocenters. The monoisotopic (exact) mass is 1090 g/mol. The molecule has 20 heteroatoms. The van der Waals surface area contributed by atoms with Crippen molar-refractivity contribution in [2.45, 2.75) is 152 Å². The molecule has 4 saturated heterocycles. The summed E-state index contributed by atoms with van der Waals surface area (Å²) in [5.41, 5.74) is 14.4. The van der Waals surface area contributed by atoms with Crippen LogP contribution in [0.3, 0.4) is 0 Å². The van der Waals surface area contributed by atoms with Crippen molar-refractivity contribution in [2.24, 2.45) is 5.92 Å². The van der Waals surface area contributed by atoms with E-state index < -0.39 is 18.1 Å². The van der Waals surface area contributed by atoms with E-state index in [1.807, 2.05) is 81.9 Å². The van der Waals surface area contributed by atoms with Crippen LogP contribution in [0.5, 0.6) is 17.5 Å². The third-order valence-corrected chi connectivity index (χ3v) is 18.3. The summed E-state index contributed by atoms with van der Waals surface area (Å²) in [7, 11) is 0. The van der Waals surface area contributed by atoms with E-state index in [1.54, 1.807) is 29.5 Å². The van der Waals surface area contributed by atoms with Gasteiger partial charge in [0.15, 0.2) is 11.6 Å². The Morgan fingerprint density at radius 3 is 2.27 bits per heavy atom. The minimum Gasteiger partial charge on any atom is -0.507 e. The van der Waals surface area contributed by atoms with Crippen LogP contribution in [0.1, 0.15) is 108 Å². The van der Waals surface area contributed by atoms with Crippen molar-refractivity contribution in [1.29, 1.82) is 0 Å². The van der Waals surface area contributed by atoms with Crippen LogP contribution in [-0.4, -0.2) is 145 Å². The molecule has 4 aliphatic heterocycles. The van der Waals surface area contributed by atoms with Crippen molar-refractivity contribution in [1.82, 2.24) is 40.4 Å². The van der Waals surface area contributed by atoms with E-state index in [4.69, 9.17) is 24.5 Å². The van der Waals surface area contributed by atoms with E-state index in [9.17, 15) is 19.8 Å². The average molecular weight is 1090 g/mol. The first-order valence-electron chi connectivity index (χ1n) is 28.2. The second-order valence-corrected chi connectivity index (χ2v) is 23.8. The Hall–Kier alpha value is -6.87. The molecule has 2 aliphatic carbocycles. The summed E-state index contributed by atoms with van der Waals surface area (Å²) in [6.07, 6.45) is 9.23. The van der Waals surface area contributed by atoms with Crippen molar-refractivity contribution < 1.29 is 38.5 Å². The molecular weight excluding hydrogens is 1020 g/mol. The predicted molar refractivity (Wildman–Crippen MR) is 299 cm³/mol. The summed E-state index contributed by atoms with van der Waals surface area (Å²) >= 11 is 1.59. The maximum Gasteiger partial charge on any atom is 0.254 e. The fourth-order valence-corrected chi connectivity index (χ4v) is 13.7. The molecule has 6 aromatic rings. The van der Waals surface area contributed by atoms with Gasteiger partial charge in [0.25, 0.3) is 5.88 Å². The zero-order chi connectivity index (χ0) is 54.5. The lowest BCUT2D eigenvalue weighted by Crippen LogP contribution is -2.54. The van der Waals surface area contributed by atoms with Gasteiger partial charge in [0, 0.05) is 113 Å². The minimum absolute atomic E-state index is 0.00799. The van der Waals surface area contributed by atoms with Crippen LogP contribution in [0.4, 0.5) is 17.2 Å². The number of hydrogen-bond acceptors (Lipinski definition) is 18. The van der Waals surface area contributed by atoms with Crippen LogP contribution in [0, 0.1) is 12.8 Å². The van der Waals surface area contributed by atoms with E-state index >= 15 is 0 Å². The van der Waals surface area contributed by atoms with Crippen LogP contribution < -0.4 is 30.3 Å². The molecule has 2 saturated carbocycles. The molecule has 5 N–H and O–H groups in total. The Kier molecular flexibility index (Phi) is 14.9. The van der Waals surface area contributed by atoms with E-state index in [0.717, 1.165) is 111 Å². The van der Waals surface area contributed by atoms with Gasteiger partial charge in [-0.05, 0) is 86.0 Å². The van der Waals surface area contributed by atoms with Crippen molar-refractivity contribution in [3.63, 3.8) is 0 Å². The molecular formula is C59H71N11O8S. The molecule has 79 heavy (non-hydrogen) atoms. The zero-order valence-electron chi connectivity index (χ0n) is 45.3. The lowest BCUT2D eigenvalue weighted by molar-refractivity contribution is -0.141. The van der Waals surface area contributed by atoms with Gasteiger partial charge in [0.1, 0.15) is 29.9 Å². The Labute approximate surface area is 464 Å². The number of aromatic hydroxyl groups is 1. The highest BCUT2D eigenvalue weighted by molar-refractivity contribution is 7.13. The molecule has 6 atom stereocenters. The van der Waals surface area contributed by atoms with E-state index in [0.29, 0.717) is 52.7 Å². The van der Waals surface area contributed by atoms with Crippen molar-refractivity contribution in [3.05, 3.63) is 102 Å². The highest BCUT2D eigenvalue weighted by Gasteiger charge is 2.45. The highest BCUT2D eigenvalue weighted by atomic mass is 32.1. The number of phenols is 1. The van der Waals surface area contributed by atoms with Crippen molar-refractivity contribution in [2.75, 3.05) is 48.3 Å². The molecule has 8 heterocycles. The number of amides is 2. The number of aromatic nitrogens is 5. The largest absolute Gasteiger partial charge is 0.507 e. The number of rotatable bonds is 17. The number of piperazine rings is 1. The number of nitrogens with zero attached hydrogens (tertiary/aromatic N) is 9. The maximum atomic E-state index is 14.3. The number of anilines is 3. The molecule has 2 bridgehead atoms. The van der Waals surface area contributed by atoms with Crippen LogP contribution in [0.25, 0.3) is 21.7 Å². The normalized spacial score (nSPS) is 25.9. The van der Waals surface area contributed by atoms with Gasteiger partial charge in [-0.1, -0.05) is 50.2 Å². The number of β-amino-alcohol motifs (C(OH)–C–C–N with tert-alkyl or cyclic N) is 1.